The zero-order chi connectivity index (χ0) is 15.4. The van der Waals surface area contributed by atoms with Crippen LogP contribution in [0.3, 0.4) is 0 Å². The number of fused-ring (bicyclic) bond motifs is 1. The van der Waals surface area contributed by atoms with E-state index < -0.39 is 0 Å². The molecule has 4 nitrogen and oxygen atoms in total. The Kier molecular flexibility index (Phi) is 4.44. The number of hydrogen-bond acceptors (Lipinski definition) is 4. The van der Waals surface area contributed by atoms with Crippen LogP contribution >= 0.6 is 11.8 Å². The highest BCUT2D eigenvalue weighted by atomic mass is 32.2. The van der Waals surface area contributed by atoms with Crippen molar-refractivity contribution in [1.29, 1.82) is 0 Å². The number of rotatable bonds is 5. The number of thioether (sulfide) groups is 1. The maximum atomic E-state index is 11.9. The molecule has 0 radical (unpaired) electrons. The first-order valence-corrected chi connectivity index (χ1v) is 7.99. The van der Waals surface area contributed by atoms with Crippen molar-refractivity contribution in [2.45, 2.75) is 18.5 Å². The van der Waals surface area contributed by atoms with Gasteiger partial charge in [0, 0.05) is 5.39 Å². The van der Waals surface area contributed by atoms with E-state index in [4.69, 9.17) is 4.42 Å². The molecule has 0 fully saturated rings. The van der Waals surface area contributed by atoms with Crippen LogP contribution in [0, 0.1) is 6.92 Å². The van der Waals surface area contributed by atoms with Crippen LogP contribution in [0.2, 0.25) is 0 Å². The van der Waals surface area contributed by atoms with E-state index in [2.05, 4.69) is 23.3 Å². The number of carbonyl (C=O) groups is 1. The largest absolute Gasteiger partial charge is 0.467 e. The number of benzene rings is 1. The van der Waals surface area contributed by atoms with E-state index in [9.17, 15) is 4.79 Å². The van der Waals surface area contributed by atoms with Crippen LogP contribution in [0.1, 0.15) is 11.3 Å². The fourth-order valence-electron chi connectivity index (χ4n) is 2.18. The second-order valence-electron chi connectivity index (χ2n) is 4.94. The van der Waals surface area contributed by atoms with E-state index in [0.29, 0.717) is 12.3 Å². The SMILES string of the molecule is Cc1cc(SCC(=O)NCc2ccco2)nc2ccccc12. The van der Waals surface area contributed by atoms with Gasteiger partial charge in [-0.1, -0.05) is 30.0 Å². The van der Waals surface area contributed by atoms with E-state index in [0.717, 1.165) is 21.7 Å². The molecular weight excluding hydrogens is 296 g/mol. The predicted octanol–water partition coefficient (Wildman–Crippen LogP) is 3.54. The number of para-hydroxylation sites is 1. The molecule has 22 heavy (non-hydrogen) atoms. The molecular formula is C17H16N2O2S. The molecule has 1 amide bonds. The van der Waals surface area contributed by atoms with Crippen molar-refractivity contribution >= 4 is 28.6 Å². The van der Waals surface area contributed by atoms with Crippen molar-refractivity contribution in [2.75, 3.05) is 5.75 Å². The van der Waals surface area contributed by atoms with Gasteiger partial charge in [0.2, 0.25) is 5.91 Å². The Morgan fingerprint density at radius 1 is 1.27 bits per heavy atom. The predicted molar refractivity (Wildman–Crippen MR) is 87.8 cm³/mol. The number of carbonyl (C=O) groups excluding carboxylic acids is 1. The molecule has 0 saturated heterocycles. The number of aromatic nitrogens is 1. The Morgan fingerprint density at radius 3 is 2.95 bits per heavy atom. The molecule has 2 aromatic heterocycles. The van der Waals surface area contributed by atoms with Gasteiger partial charge in [0.1, 0.15) is 5.76 Å². The Morgan fingerprint density at radius 2 is 2.14 bits per heavy atom. The molecule has 0 saturated carbocycles. The van der Waals surface area contributed by atoms with Gasteiger partial charge in [0.05, 0.1) is 29.1 Å². The lowest BCUT2D eigenvalue weighted by Gasteiger charge is -2.06. The van der Waals surface area contributed by atoms with E-state index in [1.165, 1.54) is 17.3 Å². The minimum absolute atomic E-state index is 0.0333. The zero-order valence-corrected chi connectivity index (χ0v) is 13.0. The maximum absolute atomic E-state index is 11.9. The van der Waals surface area contributed by atoms with Gasteiger partial charge in [0.25, 0.3) is 0 Å². The number of furan rings is 1. The van der Waals surface area contributed by atoms with Crippen molar-refractivity contribution < 1.29 is 9.21 Å². The molecule has 0 aliphatic heterocycles. The van der Waals surface area contributed by atoms with E-state index in [1.807, 2.05) is 30.3 Å². The number of amides is 1. The molecule has 0 bridgehead atoms. The normalized spacial score (nSPS) is 10.8. The third-order valence-electron chi connectivity index (χ3n) is 3.29. The molecule has 1 N–H and O–H groups in total. The van der Waals surface area contributed by atoms with Gasteiger partial charge in [-0.25, -0.2) is 4.98 Å². The molecule has 0 aliphatic carbocycles. The molecule has 112 valence electrons. The van der Waals surface area contributed by atoms with Gasteiger partial charge in [-0.15, -0.1) is 0 Å². The third-order valence-corrected chi connectivity index (χ3v) is 4.20. The summed E-state index contributed by atoms with van der Waals surface area (Å²) in [6, 6.07) is 13.7. The van der Waals surface area contributed by atoms with Gasteiger partial charge in [-0.3, -0.25) is 4.79 Å². The van der Waals surface area contributed by atoms with Gasteiger partial charge in [0.15, 0.2) is 0 Å². The van der Waals surface area contributed by atoms with Gasteiger partial charge in [-0.2, -0.15) is 0 Å². The van der Waals surface area contributed by atoms with Crippen molar-refractivity contribution in [2.24, 2.45) is 0 Å². The number of nitrogens with zero attached hydrogens (tertiary/aromatic N) is 1. The van der Waals surface area contributed by atoms with Gasteiger partial charge < -0.3 is 9.73 Å². The van der Waals surface area contributed by atoms with Crippen LogP contribution in [0.4, 0.5) is 0 Å². The molecule has 0 spiro atoms. The second kappa shape index (κ2) is 6.66. The van der Waals surface area contributed by atoms with Crippen LogP contribution in [-0.4, -0.2) is 16.6 Å². The first-order valence-electron chi connectivity index (χ1n) is 7.00. The Labute approximate surface area is 132 Å². The number of aryl methyl sites for hydroxylation is 1. The molecule has 2 heterocycles. The highest BCUT2D eigenvalue weighted by molar-refractivity contribution is 7.99. The summed E-state index contributed by atoms with van der Waals surface area (Å²) in [5.74, 6) is 1.05. The molecule has 0 unspecified atom stereocenters. The molecule has 0 atom stereocenters. The van der Waals surface area contributed by atoms with Crippen LogP contribution in [0.5, 0.6) is 0 Å². The van der Waals surface area contributed by atoms with Crippen molar-refractivity contribution in [3.05, 3.63) is 60.1 Å². The van der Waals surface area contributed by atoms with Crippen molar-refractivity contribution in [3.8, 4) is 0 Å². The minimum Gasteiger partial charge on any atom is -0.467 e. The maximum Gasteiger partial charge on any atom is 0.230 e. The Hall–Kier alpha value is -2.27. The number of pyridine rings is 1. The fourth-order valence-corrected chi connectivity index (χ4v) is 2.99. The lowest BCUT2D eigenvalue weighted by molar-refractivity contribution is -0.118. The number of hydrogen-bond donors (Lipinski definition) is 1. The lowest BCUT2D eigenvalue weighted by atomic mass is 10.1. The average molecular weight is 312 g/mol. The summed E-state index contributed by atoms with van der Waals surface area (Å²) in [6.45, 7) is 2.47. The number of nitrogens with one attached hydrogen (secondary N) is 1. The highest BCUT2D eigenvalue weighted by Gasteiger charge is 2.07. The summed E-state index contributed by atoms with van der Waals surface area (Å²) in [5, 5.41) is 4.84. The van der Waals surface area contributed by atoms with Gasteiger partial charge in [-0.05, 0) is 36.8 Å². The quantitative estimate of drug-likeness (QED) is 0.732. The van der Waals surface area contributed by atoms with E-state index in [1.54, 1.807) is 12.3 Å². The standard InChI is InChI=1S/C17H16N2O2S/c1-12-9-17(19-15-7-3-2-6-14(12)15)22-11-16(20)18-10-13-5-4-8-21-13/h2-9H,10-11H2,1H3,(H,18,20). The summed E-state index contributed by atoms with van der Waals surface area (Å²) in [4.78, 5) is 16.4. The molecule has 3 aromatic rings. The smallest absolute Gasteiger partial charge is 0.230 e. The van der Waals surface area contributed by atoms with E-state index in [-0.39, 0.29) is 5.91 Å². The molecule has 3 rings (SSSR count). The minimum atomic E-state index is -0.0333. The van der Waals surface area contributed by atoms with Crippen molar-refractivity contribution in [1.82, 2.24) is 10.3 Å². The average Bonchev–Trinajstić information content (AvgIpc) is 3.04. The highest BCUT2D eigenvalue weighted by Crippen LogP contribution is 2.23. The van der Waals surface area contributed by atoms with Crippen LogP contribution in [-0.2, 0) is 11.3 Å². The topological polar surface area (TPSA) is 55.1 Å². The Balaban J connectivity index is 1.60. The van der Waals surface area contributed by atoms with Crippen LogP contribution < -0.4 is 5.32 Å². The third kappa shape index (κ3) is 3.49. The first-order chi connectivity index (χ1) is 10.7. The van der Waals surface area contributed by atoms with Crippen molar-refractivity contribution in [3.63, 3.8) is 0 Å². The summed E-state index contributed by atoms with van der Waals surface area (Å²) in [6.07, 6.45) is 1.60. The monoisotopic (exact) mass is 312 g/mol. The summed E-state index contributed by atoms with van der Waals surface area (Å²) in [5.41, 5.74) is 2.13. The molecule has 1 aromatic carbocycles. The summed E-state index contributed by atoms with van der Waals surface area (Å²) >= 11 is 1.44. The summed E-state index contributed by atoms with van der Waals surface area (Å²) in [7, 11) is 0. The fraction of sp³-hybridized carbons (Fsp3) is 0.176. The van der Waals surface area contributed by atoms with Gasteiger partial charge >= 0.3 is 0 Å². The Bertz CT molecular complexity index is 784. The first kappa shape index (κ1) is 14.7. The molecule has 0 aliphatic rings. The zero-order valence-electron chi connectivity index (χ0n) is 12.2. The second-order valence-corrected chi connectivity index (χ2v) is 5.93. The lowest BCUT2D eigenvalue weighted by Crippen LogP contribution is -2.24. The van der Waals surface area contributed by atoms with Crippen LogP contribution in [0.15, 0.2) is 58.2 Å². The summed E-state index contributed by atoms with van der Waals surface area (Å²) < 4.78 is 5.18. The van der Waals surface area contributed by atoms with E-state index >= 15 is 0 Å². The molecule has 5 heteroatoms. The van der Waals surface area contributed by atoms with Crippen LogP contribution in [0.25, 0.3) is 10.9 Å².